The minimum Gasteiger partial charge on any atom is -0.459 e. The van der Waals surface area contributed by atoms with Gasteiger partial charge in [0.15, 0.2) is 12.4 Å². The van der Waals surface area contributed by atoms with Crippen molar-refractivity contribution < 1.29 is 27.9 Å². The number of fused-ring (bicyclic) bond motifs is 1. The third-order valence-corrected chi connectivity index (χ3v) is 5.64. The van der Waals surface area contributed by atoms with E-state index in [1.807, 2.05) is 24.3 Å². The molecule has 3 aromatic rings. The van der Waals surface area contributed by atoms with Crippen molar-refractivity contribution in [2.45, 2.75) is 25.6 Å². The molecule has 0 fully saturated rings. The lowest BCUT2D eigenvalue weighted by Gasteiger charge is -2.35. The minimum absolute atomic E-state index is 0.0446. The van der Waals surface area contributed by atoms with Crippen LogP contribution in [0.1, 0.15) is 27.2 Å². The van der Waals surface area contributed by atoms with Gasteiger partial charge < -0.3 is 19.0 Å². The lowest BCUT2D eigenvalue weighted by molar-refractivity contribution is -0.156. The van der Waals surface area contributed by atoms with Crippen molar-refractivity contribution in [1.29, 1.82) is 0 Å². The molecule has 0 saturated heterocycles. The zero-order valence-electron chi connectivity index (χ0n) is 18.1. The second-order valence-corrected chi connectivity index (χ2v) is 7.85. The van der Waals surface area contributed by atoms with Crippen molar-refractivity contribution in [2.24, 2.45) is 0 Å². The quantitative estimate of drug-likeness (QED) is 0.539. The number of hydrogen-bond acceptors (Lipinski definition) is 5. The molecule has 0 saturated carbocycles. The molecule has 0 bridgehead atoms. The topological polar surface area (TPSA) is 80.1 Å². The molecule has 2 aromatic carbocycles. The number of benzene rings is 2. The summed E-state index contributed by atoms with van der Waals surface area (Å²) in [6.07, 6.45) is 1.66. The molecule has 2 heterocycles. The summed E-state index contributed by atoms with van der Waals surface area (Å²) in [6.45, 7) is -0.246. The van der Waals surface area contributed by atoms with Crippen molar-refractivity contribution in [1.82, 2.24) is 9.80 Å². The van der Waals surface area contributed by atoms with Crippen LogP contribution in [0.5, 0.6) is 0 Å². The van der Waals surface area contributed by atoms with E-state index < -0.39 is 36.2 Å². The van der Waals surface area contributed by atoms with Gasteiger partial charge in [-0.15, -0.1) is 0 Å². The van der Waals surface area contributed by atoms with Gasteiger partial charge in [0.1, 0.15) is 11.9 Å². The van der Waals surface area contributed by atoms with E-state index in [9.17, 15) is 18.8 Å². The first kappa shape index (κ1) is 22.3. The number of rotatable bonds is 6. The van der Waals surface area contributed by atoms with Gasteiger partial charge in [-0.25, -0.2) is 9.18 Å². The second kappa shape index (κ2) is 9.68. The van der Waals surface area contributed by atoms with Crippen molar-refractivity contribution in [3.05, 3.63) is 95.2 Å². The molecule has 1 aromatic heterocycles. The number of hydrogen-bond donors (Lipinski definition) is 0. The number of nitrogens with zero attached hydrogens (tertiary/aromatic N) is 2. The molecule has 1 aliphatic rings. The monoisotopic (exact) mass is 450 g/mol. The Morgan fingerprint density at radius 2 is 1.79 bits per heavy atom. The van der Waals surface area contributed by atoms with E-state index in [0.29, 0.717) is 5.56 Å². The summed E-state index contributed by atoms with van der Waals surface area (Å²) in [7, 11) is 1.51. The van der Waals surface area contributed by atoms with Gasteiger partial charge in [-0.1, -0.05) is 42.5 Å². The van der Waals surface area contributed by atoms with E-state index in [-0.39, 0.29) is 25.3 Å². The Labute approximate surface area is 190 Å². The van der Waals surface area contributed by atoms with E-state index in [1.54, 1.807) is 24.3 Å². The summed E-state index contributed by atoms with van der Waals surface area (Å²) in [4.78, 5) is 41.1. The predicted molar refractivity (Wildman–Crippen MR) is 116 cm³/mol. The van der Waals surface area contributed by atoms with Crippen molar-refractivity contribution >= 4 is 17.8 Å². The van der Waals surface area contributed by atoms with Crippen LogP contribution in [0.4, 0.5) is 4.39 Å². The summed E-state index contributed by atoms with van der Waals surface area (Å²) < 4.78 is 24.4. The number of ether oxygens (including phenoxy) is 1. The first-order chi connectivity index (χ1) is 15.9. The maximum Gasteiger partial charge on any atom is 0.329 e. The Bertz CT molecular complexity index is 1160. The zero-order chi connectivity index (χ0) is 23.4. The largest absolute Gasteiger partial charge is 0.459 e. The lowest BCUT2D eigenvalue weighted by atomic mass is 9.93. The molecule has 0 N–H and O–H groups in total. The normalized spacial score (nSPS) is 15.0. The SMILES string of the molecule is CN(Cc1ccccc1F)C(=O)COC(=O)[C@@H]1Cc2ccccc2CN1C(=O)c1ccco1. The average Bonchev–Trinajstić information content (AvgIpc) is 3.37. The van der Waals surface area contributed by atoms with Gasteiger partial charge >= 0.3 is 5.97 Å². The molecule has 2 amide bonds. The van der Waals surface area contributed by atoms with Crippen molar-refractivity contribution in [2.75, 3.05) is 13.7 Å². The molecule has 8 heteroatoms. The fraction of sp³-hybridized carbons (Fsp3) is 0.240. The van der Waals surface area contributed by atoms with Crippen LogP contribution in [0.3, 0.4) is 0 Å². The summed E-state index contributed by atoms with van der Waals surface area (Å²) in [5.41, 5.74) is 2.23. The van der Waals surface area contributed by atoms with E-state index in [0.717, 1.165) is 11.1 Å². The van der Waals surface area contributed by atoms with Gasteiger partial charge in [-0.3, -0.25) is 9.59 Å². The van der Waals surface area contributed by atoms with Crippen LogP contribution in [0.15, 0.2) is 71.3 Å². The maximum atomic E-state index is 13.9. The number of amides is 2. The molecular weight excluding hydrogens is 427 g/mol. The third kappa shape index (κ3) is 4.95. The highest BCUT2D eigenvalue weighted by molar-refractivity contribution is 5.95. The molecule has 7 nitrogen and oxygen atoms in total. The van der Waals surface area contributed by atoms with Gasteiger partial charge in [0, 0.05) is 32.1 Å². The third-order valence-electron chi connectivity index (χ3n) is 5.64. The number of carbonyl (C=O) groups excluding carboxylic acids is 3. The van der Waals surface area contributed by atoms with E-state index in [2.05, 4.69) is 0 Å². The number of esters is 1. The summed E-state index contributed by atoms with van der Waals surface area (Å²) in [5.74, 6) is -1.89. The van der Waals surface area contributed by atoms with Crippen LogP contribution in [0.2, 0.25) is 0 Å². The standard InChI is InChI=1S/C25H23FN2O5/c1-27(14-19-9-4-5-10-20(19)26)23(29)16-33-25(31)21-13-17-7-2-3-8-18(17)15-28(21)24(30)22-11-6-12-32-22/h2-12,21H,13-16H2,1H3/t21-/m0/s1. The van der Waals surface area contributed by atoms with E-state index in [1.165, 1.54) is 35.2 Å². The van der Waals surface area contributed by atoms with Crippen LogP contribution in [0.25, 0.3) is 0 Å². The minimum atomic E-state index is -0.901. The van der Waals surface area contributed by atoms with Gasteiger partial charge in [0.05, 0.1) is 6.26 Å². The van der Waals surface area contributed by atoms with Crippen LogP contribution in [-0.4, -0.2) is 47.3 Å². The Morgan fingerprint density at radius 3 is 2.52 bits per heavy atom. The Hall–Kier alpha value is -3.94. The van der Waals surface area contributed by atoms with Crippen LogP contribution in [0, 0.1) is 5.82 Å². The molecule has 0 radical (unpaired) electrons. The number of likely N-dealkylation sites (N-methyl/N-ethyl adjacent to an activating group) is 1. The van der Waals surface area contributed by atoms with Gasteiger partial charge in [-0.2, -0.15) is 0 Å². The highest BCUT2D eigenvalue weighted by Gasteiger charge is 2.37. The molecule has 170 valence electrons. The fourth-order valence-electron chi connectivity index (χ4n) is 3.80. The number of furan rings is 1. The van der Waals surface area contributed by atoms with Crippen molar-refractivity contribution in [3.63, 3.8) is 0 Å². The fourth-order valence-corrected chi connectivity index (χ4v) is 3.80. The van der Waals surface area contributed by atoms with Crippen LogP contribution in [-0.2, 0) is 33.8 Å². The Kier molecular flexibility index (Phi) is 6.53. The molecule has 1 atom stereocenters. The van der Waals surface area contributed by atoms with E-state index >= 15 is 0 Å². The lowest BCUT2D eigenvalue weighted by Crippen LogP contribution is -2.49. The number of halogens is 1. The highest BCUT2D eigenvalue weighted by Crippen LogP contribution is 2.26. The van der Waals surface area contributed by atoms with Gasteiger partial charge in [0.25, 0.3) is 11.8 Å². The highest BCUT2D eigenvalue weighted by atomic mass is 19.1. The Morgan fingerprint density at radius 1 is 1.06 bits per heavy atom. The second-order valence-electron chi connectivity index (χ2n) is 7.85. The molecule has 1 aliphatic heterocycles. The molecule has 0 spiro atoms. The van der Waals surface area contributed by atoms with Crippen LogP contribution >= 0.6 is 0 Å². The molecule has 0 unspecified atom stereocenters. The molecule has 4 rings (SSSR count). The smallest absolute Gasteiger partial charge is 0.329 e. The average molecular weight is 450 g/mol. The summed E-state index contributed by atoms with van der Waals surface area (Å²) in [6, 6.07) is 15.9. The predicted octanol–water partition coefficient (Wildman–Crippen LogP) is 3.19. The van der Waals surface area contributed by atoms with Gasteiger partial charge in [0.2, 0.25) is 0 Å². The summed E-state index contributed by atoms with van der Waals surface area (Å²) >= 11 is 0. The molecule has 0 aliphatic carbocycles. The Balaban J connectivity index is 1.44. The molecule has 33 heavy (non-hydrogen) atoms. The number of carbonyl (C=O) groups is 3. The van der Waals surface area contributed by atoms with Crippen molar-refractivity contribution in [3.8, 4) is 0 Å². The summed E-state index contributed by atoms with van der Waals surface area (Å²) in [5, 5.41) is 0. The van der Waals surface area contributed by atoms with Crippen LogP contribution < -0.4 is 0 Å². The maximum absolute atomic E-state index is 13.9. The first-order valence-corrected chi connectivity index (χ1v) is 10.5. The van der Waals surface area contributed by atoms with Gasteiger partial charge in [-0.05, 0) is 29.3 Å². The molecular formula is C25H23FN2O5. The van der Waals surface area contributed by atoms with E-state index in [4.69, 9.17) is 9.15 Å². The first-order valence-electron chi connectivity index (χ1n) is 10.5. The zero-order valence-corrected chi connectivity index (χ0v) is 18.1.